The van der Waals surface area contributed by atoms with Crippen LogP contribution in [0.2, 0.25) is 0 Å². The third-order valence-electron chi connectivity index (χ3n) is 7.10. The maximum absolute atomic E-state index is 5.13. The number of rotatable bonds is 7. The van der Waals surface area contributed by atoms with Gasteiger partial charge in [0.1, 0.15) is 5.82 Å². The summed E-state index contributed by atoms with van der Waals surface area (Å²) < 4.78 is 0. The summed E-state index contributed by atoms with van der Waals surface area (Å²) in [5, 5.41) is 3.76. The molecule has 164 valence electrons. The Kier molecular flexibility index (Phi) is 6.32. The molecule has 0 saturated carbocycles. The van der Waals surface area contributed by atoms with E-state index in [0.717, 1.165) is 31.0 Å². The molecule has 5 heteroatoms. The van der Waals surface area contributed by atoms with Crippen LogP contribution in [0.4, 0.5) is 0 Å². The second-order valence-electron chi connectivity index (χ2n) is 9.45. The molecular weight excluding hydrogens is 382 g/mol. The summed E-state index contributed by atoms with van der Waals surface area (Å²) >= 11 is 0. The minimum Gasteiger partial charge on any atom is -0.367 e. The number of piperidine rings is 1. The largest absolute Gasteiger partial charge is 0.367 e. The van der Waals surface area contributed by atoms with Gasteiger partial charge >= 0.3 is 0 Å². The predicted molar refractivity (Wildman–Crippen MR) is 129 cm³/mol. The van der Waals surface area contributed by atoms with Crippen LogP contribution in [0.15, 0.2) is 57.8 Å². The minimum absolute atomic E-state index is 0.318. The van der Waals surface area contributed by atoms with Crippen molar-refractivity contribution >= 4 is 17.6 Å². The van der Waals surface area contributed by atoms with Gasteiger partial charge in [0, 0.05) is 29.3 Å². The molecule has 0 radical (unpaired) electrons. The van der Waals surface area contributed by atoms with Crippen LogP contribution in [-0.4, -0.2) is 67.5 Å². The molecule has 1 N–H and O–H groups in total. The molecular formula is C26H35N5. The number of benzene rings is 1. The van der Waals surface area contributed by atoms with Gasteiger partial charge in [0.05, 0.1) is 11.4 Å². The lowest BCUT2D eigenvalue weighted by Crippen LogP contribution is -2.41. The van der Waals surface area contributed by atoms with Gasteiger partial charge in [-0.25, -0.2) is 4.99 Å². The molecule has 5 rings (SSSR count). The van der Waals surface area contributed by atoms with Crippen molar-refractivity contribution in [3.63, 3.8) is 0 Å². The smallest absolute Gasteiger partial charge is 0.135 e. The maximum atomic E-state index is 5.13. The summed E-state index contributed by atoms with van der Waals surface area (Å²) in [5.41, 5.74) is 4.69. The summed E-state index contributed by atoms with van der Waals surface area (Å²) in [6, 6.07) is 11.1. The topological polar surface area (TPSA) is 43.2 Å². The molecule has 0 bridgehead atoms. The molecule has 0 aliphatic carbocycles. The molecule has 1 unspecified atom stereocenters. The van der Waals surface area contributed by atoms with E-state index in [9.17, 15) is 0 Å². The summed E-state index contributed by atoms with van der Waals surface area (Å²) in [4.78, 5) is 15.1. The summed E-state index contributed by atoms with van der Waals surface area (Å²) in [6.07, 6.45) is 11.8. The Morgan fingerprint density at radius 1 is 1.03 bits per heavy atom. The highest BCUT2D eigenvalue weighted by Crippen LogP contribution is 2.33. The van der Waals surface area contributed by atoms with Gasteiger partial charge in [-0.2, -0.15) is 0 Å². The number of nitrogens with zero attached hydrogens (tertiary/aromatic N) is 4. The first-order valence-electron chi connectivity index (χ1n) is 12.1. The molecule has 1 atom stereocenters. The van der Waals surface area contributed by atoms with E-state index in [2.05, 4.69) is 64.8 Å². The lowest BCUT2D eigenvalue weighted by molar-refractivity contribution is 0.241. The molecule has 0 aromatic heterocycles. The van der Waals surface area contributed by atoms with Crippen LogP contribution in [0.5, 0.6) is 0 Å². The van der Waals surface area contributed by atoms with Gasteiger partial charge in [-0.1, -0.05) is 30.3 Å². The molecule has 2 fully saturated rings. The van der Waals surface area contributed by atoms with E-state index in [4.69, 9.17) is 9.98 Å². The van der Waals surface area contributed by atoms with Crippen molar-refractivity contribution in [3.05, 3.63) is 53.4 Å². The molecule has 5 nitrogen and oxygen atoms in total. The fourth-order valence-corrected chi connectivity index (χ4v) is 5.18. The fraction of sp³-hybridized carbons (Fsp3) is 0.538. The van der Waals surface area contributed by atoms with E-state index < -0.39 is 0 Å². The number of fused-ring (bicyclic) bond motifs is 1. The van der Waals surface area contributed by atoms with Crippen molar-refractivity contribution in [3.8, 4) is 0 Å². The third-order valence-corrected chi connectivity index (χ3v) is 7.10. The summed E-state index contributed by atoms with van der Waals surface area (Å²) in [6.45, 7) is 6.05. The van der Waals surface area contributed by atoms with Crippen LogP contribution < -0.4 is 5.32 Å². The van der Waals surface area contributed by atoms with E-state index in [1.165, 1.54) is 68.6 Å². The van der Waals surface area contributed by atoms with Crippen molar-refractivity contribution in [2.24, 2.45) is 15.9 Å². The lowest BCUT2D eigenvalue weighted by atomic mass is 9.91. The zero-order valence-corrected chi connectivity index (χ0v) is 18.8. The average Bonchev–Trinajstić information content (AvgIpc) is 3.48. The molecule has 4 aliphatic rings. The van der Waals surface area contributed by atoms with Gasteiger partial charge in [0.15, 0.2) is 0 Å². The second-order valence-corrected chi connectivity index (χ2v) is 9.45. The zero-order valence-electron chi connectivity index (χ0n) is 18.8. The van der Waals surface area contributed by atoms with Crippen molar-refractivity contribution in [2.75, 3.05) is 39.8 Å². The van der Waals surface area contributed by atoms with Gasteiger partial charge < -0.3 is 15.1 Å². The van der Waals surface area contributed by atoms with Crippen LogP contribution in [0.3, 0.4) is 0 Å². The highest BCUT2D eigenvalue weighted by Gasteiger charge is 2.30. The van der Waals surface area contributed by atoms with Gasteiger partial charge in [-0.3, -0.25) is 4.99 Å². The van der Waals surface area contributed by atoms with E-state index in [1.54, 1.807) is 0 Å². The number of allylic oxidation sites excluding steroid dienone is 2. The first-order valence-corrected chi connectivity index (χ1v) is 12.1. The first kappa shape index (κ1) is 20.7. The Labute approximate surface area is 186 Å². The second kappa shape index (κ2) is 9.49. The van der Waals surface area contributed by atoms with E-state index >= 15 is 0 Å². The monoisotopic (exact) mass is 417 g/mol. The standard InChI is InChI=1S/C26H35N5/c1-30-16-11-22(12-17-30)28-26-23-18-24(20-8-3-2-4-9-20)29-25(23)21(19-27-26)10-7-15-31-13-5-6-14-31/h2-4,8-9,18-19,21-22,28H,5-7,10-17H2,1H3. The molecule has 1 aromatic carbocycles. The number of likely N-dealkylation sites (tertiary alicyclic amines) is 2. The summed E-state index contributed by atoms with van der Waals surface area (Å²) in [7, 11) is 2.21. The molecule has 0 amide bonds. The Hall–Kier alpha value is -2.24. The first-order chi connectivity index (χ1) is 15.3. The Bertz CT molecular complexity index is 884. The Balaban J connectivity index is 1.33. The average molecular weight is 418 g/mol. The van der Waals surface area contributed by atoms with E-state index in [0.29, 0.717) is 12.0 Å². The van der Waals surface area contributed by atoms with Crippen LogP contribution >= 0.6 is 0 Å². The molecule has 31 heavy (non-hydrogen) atoms. The fourth-order valence-electron chi connectivity index (χ4n) is 5.18. The van der Waals surface area contributed by atoms with Crippen molar-refractivity contribution in [2.45, 2.75) is 44.6 Å². The van der Waals surface area contributed by atoms with Crippen LogP contribution in [0.25, 0.3) is 5.70 Å². The van der Waals surface area contributed by atoms with Gasteiger partial charge in [0.25, 0.3) is 0 Å². The van der Waals surface area contributed by atoms with E-state index in [-0.39, 0.29) is 0 Å². The molecule has 1 aromatic rings. The van der Waals surface area contributed by atoms with Crippen molar-refractivity contribution < 1.29 is 0 Å². The van der Waals surface area contributed by atoms with E-state index in [1.807, 2.05) is 0 Å². The highest BCUT2D eigenvalue weighted by molar-refractivity contribution is 6.18. The molecule has 4 heterocycles. The Morgan fingerprint density at radius 2 is 1.81 bits per heavy atom. The van der Waals surface area contributed by atoms with Crippen molar-refractivity contribution in [1.29, 1.82) is 0 Å². The number of aliphatic imine (C=N–C) groups is 2. The maximum Gasteiger partial charge on any atom is 0.135 e. The predicted octanol–water partition coefficient (Wildman–Crippen LogP) is 3.95. The van der Waals surface area contributed by atoms with Crippen molar-refractivity contribution in [1.82, 2.24) is 15.1 Å². The van der Waals surface area contributed by atoms with Gasteiger partial charge in [-0.05, 0) is 84.4 Å². The quantitative estimate of drug-likeness (QED) is 0.730. The van der Waals surface area contributed by atoms with Gasteiger partial charge in [0.2, 0.25) is 0 Å². The third kappa shape index (κ3) is 4.83. The summed E-state index contributed by atoms with van der Waals surface area (Å²) in [5.74, 6) is 1.34. The van der Waals surface area contributed by atoms with Gasteiger partial charge in [-0.15, -0.1) is 0 Å². The Morgan fingerprint density at radius 3 is 2.58 bits per heavy atom. The highest BCUT2D eigenvalue weighted by atomic mass is 15.1. The number of hydrogen-bond donors (Lipinski definition) is 1. The number of nitrogens with one attached hydrogen (secondary N) is 1. The minimum atomic E-state index is 0.318. The molecule has 0 spiro atoms. The SMILES string of the molecule is CN1CCC(NC2=C3C=C(c4ccccc4)N=C3C(CCCN3CCCC3)C=N2)CC1. The van der Waals surface area contributed by atoms with Crippen LogP contribution in [-0.2, 0) is 0 Å². The van der Waals surface area contributed by atoms with Crippen LogP contribution in [0.1, 0.15) is 44.1 Å². The zero-order chi connectivity index (χ0) is 21.0. The lowest BCUT2D eigenvalue weighted by Gasteiger charge is -2.31. The normalized spacial score (nSPS) is 25.0. The van der Waals surface area contributed by atoms with Crippen LogP contribution in [0, 0.1) is 5.92 Å². The number of hydrogen-bond acceptors (Lipinski definition) is 5. The molecule has 4 aliphatic heterocycles. The molecule has 2 saturated heterocycles.